The Morgan fingerprint density at radius 3 is 2.59 bits per heavy atom. The van der Waals surface area contributed by atoms with E-state index >= 15 is 0 Å². The Hall–Kier alpha value is -2.01. The minimum atomic E-state index is 0.0210. The van der Waals surface area contributed by atoms with Gasteiger partial charge >= 0.3 is 0 Å². The quantitative estimate of drug-likeness (QED) is 0.833. The van der Waals surface area contributed by atoms with Crippen molar-refractivity contribution >= 4 is 12.0 Å². The third kappa shape index (κ3) is 4.24. The zero-order valence-electron chi connectivity index (χ0n) is 13.5. The lowest BCUT2D eigenvalue weighted by atomic mass is 10.2. The first-order valence-corrected chi connectivity index (χ1v) is 7.54. The van der Waals surface area contributed by atoms with E-state index in [1.807, 2.05) is 42.2 Å². The second-order valence-corrected chi connectivity index (χ2v) is 5.38. The lowest BCUT2D eigenvalue weighted by Gasteiger charge is -2.32. The van der Waals surface area contributed by atoms with Gasteiger partial charge in [0, 0.05) is 26.2 Å². The topological polar surface area (TPSA) is 42.0 Å². The molecule has 0 aromatic heterocycles. The van der Waals surface area contributed by atoms with Crippen molar-refractivity contribution in [3.05, 3.63) is 29.8 Å². The Balaban J connectivity index is 1.94. The first-order chi connectivity index (χ1) is 10.6. The van der Waals surface area contributed by atoms with Crippen molar-refractivity contribution < 1.29 is 14.3 Å². The van der Waals surface area contributed by atoms with E-state index in [2.05, 4.69) is 11.9 Å². The van der Waals surface area contributed by atoms with Crippen LogP contribution >= 0.6 is 0 Å². The molecule has 1 aromatic carbocycles. The maximum atomic E-state index is 12.2. The first-order valence-electron chi connectivity index (χ1n) is 7.54. The molecule has 0 spiro atoms. The zero-order valence-corrected chi connectivity index (χ0v) is 13.5. The molecule has 0 saturated carbocycles. The smallest absolute Gasteiger partial charge is 0.260 e. The summed E-state index contributed by atoms with van der Waals surface area (Å²) >= 11 is 0. The maximum absolute atomic E-state index is 12.2. The van der Waals surface area contributed by atoms with Gasteiger partial charge in [-0.2, -0.15) is 0 Å². The molecular weight excluding hydrogens is 280 g/mol. The number of piperazine rings is 1. The summed E-state index contributed by atoms with van der Waals surface area (Å²) in [6.45, 7) is 5.35. The van der Waals surface area contributed by atoms with Gasteiger partial charge in [-0.3, -0.25) is 4.79 Å². The van der Waals surface area contributed by atoms with Crippen molar-refractivity contribution in [1.29, 1.82) is 0 Å². The molecule has 0 aliphatic carbocycles. The number of likely N-dealkylation sites (N-methyl/N-ethyl adjacent to an activating group) is 1. The zero-order chi connectivity index (χ0) is 15.9. The third-order valence-corrected chi connectivity index (χ3v) is 3.75. The van der Waals surface area contributed by atoms with Crippen LogP contribution in [0.5, 0.6) is 11.5 Å². The van der Waals surface area contributed by atoms with E-state index in [1.165, 1.54) is 0 Å². The van der Waals surface area contributed by atoms with Crippen LogP contribution in [0.4, 0.5) is 0 Å². The monoisotopic (exact) mass is 304 g/mol. The lowest BCUT2D eigenvalue weighted by Crippen LogP contribution is -2.48. The molecule has 1 amide bonds. The van der Waals surface area contributed by atoms with Crippen molar-refractivity contribution in [3.8, 4) is 11.5 Å². The van der Waals surface area contributed by atoms with Gasteiger partial charge in [0.2, 0.25) is 0 Å². The normalized spacial score (nSPS) is 16.0. The molecule has 0 bridgehead atoms. The van der Waals surface area contributed by atoms with Gasteiger partial charge in [-0.1, -0.05) is 18.2 Å². The van der Waals surface area contributed by atoms with Gasteiger partial charge in [0.1, 0.15) is 0 Å². The van der Waals surface area contributed by atoms with E-state index in [1.54, 1.807) is 7.11 Å². The maximum Gasteiger partial charge on any atom is 0.260 e. The summed E-state index contributed by atoms with van der Waals surface area (Å²) in [5.41, 5.74) is 1.04. The molecule has 1 aliphatic rings. The summed E-state index contributed by atoms with van der Waals surface area (Å²) in [6.07, 6.45) is 3.95. The number of nitrogens with zero attached hydrogens (tertiary/aromatic N) is 2. The summed E-state index contributed by atoms with van der Waals surface area (Å²) in [6, 6.07) is 5.68. The number of rotatable bonds is 5. The van der Waals surface area contributed by atoms with E-state index in [4.69, 9.17) is 9.47 Å². The number of carbonyl (C=O) groups is 1. The van der Waals surface area contributed by atoms with Crippen molar-refractivity contribution in [2.24, 2.45) is 0 Å². The Kier molecular flexibility index (Phi) is 5.83. The van der Waals surface area contributed by atoms with Gasteiger partial charge in [-0.15, -0.1) is 0 Å². The molecule has 1 aromatic rings. The highest BCUT2D eigenvalue weighted by Gasteiger charge is 2.19. The highest BCUT2D eigenvalue weighted by molar-refractivity contribution is 5.78. The molecule has 0 N–H and O–H groups in total. The van der Waals surface area contributed by atoms with Crippen LogP contribution in [0.15, 0.2) is 24.3 Å². The molecule has 0 radical (unpaired) electrons. The molecule has 0 unspecified atom stereocenters. The van der Waals surface area contributed by atoms with Crippen LogP contribution in [-0.4, -0.2) is 62.7 Å². The Labute approximate surface area is 132 Å². The molecule has 1 fully saturated rings. The number of hydrogen-bond donors (Lipinski definition) is 0. The molecule has 0 atom stereocenters. The molecular formula is C17H24N2O3. The molecule has 5 nitrogen and oxygen atoms in total. The summed E-state index contributed by atoms with van der Waals surface area (Å²) in [5, 5.41) is 0. The highest BCUT2D eigenvalue weighted by atomic mass is 16.5. The summed E-state index contributed by atoms with van der Waals surface area (Å²) < 4.78 is 11.0. The molecule has 120 valence electrons. The third-order valence-electron chi connectivity index (χ3n) is 3.75. The van der Waals surface area contributed by atoms with Crippen LogP contribution in [0.25, 0.3) is 6.08 Å². The number of amides is 1. The Morgan fingerprint density at radius 2 is 1.95 bits per heavy atom. The molecule has 1 heterocycles. The minimum absolute atomic E-state index is 0.0210. The van der Waals surface area contributed by atoms with Crippen LogP contribution < -0.4 is 9.47 Å². The van der Waals surface area contributed by atoms with Crippen LogP contribution in [0, 0.1) is 0 Å². The average Bonchev–Trinajstić information content (AvgIpc) is 2.54. The predicted octanol–water partition coefficient (Wildman–Crippen LogP) is 1.88. The number of benzene rings is 1. The van der Waals surface area contributed by atoms with Crippen LogP contribution in [-0.2, 0) is 4.79 Å². The van der Waals surface area contributed by atoms with Crippen molar-refractivity contribution in [2.75, 3.05) is 46.9 Å². The van der Waals surface area contributed by atoms with Crippen LogP contribution in [0.3, 0.4) is 0 Å². The number of methoxy groups -OCH3 is 1. The van der Waals surface area contributed by atoms with E-state index in [-0.39, 0.29) is 12.5 Å². The number of allylic oxidation sites excluding steroid dienone is 1. The van der Waals surface area contributed by atoms with E-state index in [9.17, 15) is 4.79 Å². The lowest BCUT2D eigenvalue weighted by molar-refractivity contribution is -0.134. The first kappa shape index (κ1) is 16.4. The second kappa shape index (κ2) is 7.84. The summed E-state index contributed by atoms with van der Waals surface area (Å²) in [4.78, 5) is 16.2. The average molecular weight is 304 g/mol. The van der Waals surface area contributed by atoms with Gasteiger partial charge in [0.15, 0.2) is 18.1 Å². The second-order valence-electron chi connectivity index (χ2n) is 5.38. The van der Waals surface area contributed by atoms with E-state index < -0.39 is 0 Å². The van der Waals surface area contributed by atoms with Gasteiger partial charge in [-0.25, -0.2) is 0 Å². The molecule has 1 saturated heterocycles. The van der Waals surface area contributed by atoms with Crippen molar-refractivity contribution in [2.45, 2.75) is 6.92 Å². The van der Waals surface area contributed by atoms with Crippen molar-refractivity contribution in [1.82, 2.24) is 9.80 Å². The summed E-state index contributed by atoms with van der Waals surface area (Å²) in [7, 11) is 3.67. The number of carbonyl (C=O) groups excluding carboxylic acids is 1. The number of hydrogen-bond acceptors (Lipinski definition) is 4. The van der Waals surface area contributed by atoms with E-state index in [0.29, 0.717) is 11.5 Å². The largest absolute Gasteiger partial charge is 0.493 e. The molecule has 2 rings (SSSR count). The van der Waals surface area contributed by atoms with Gasteiger partial charge < -0.3 is 19.3 Å². The summed E-state index contributed by atoms with van der Waals surface area (Å²) in [5.74, 6) is 1.26. The molecule has 1 aliphatic heterocycles. The highest BCUT2D eigenvalue weighted by Crippen LogP contribution is 2.28. The fourth-order valence-electron chi connectivity index (χ4n) is 2.39. The van der Waals surface area contributed by atoms with Gasteiger partial charge in [0.05, 0.1) is 7.11 Å². The predicted molar refractivity (Wildman–Crippen MR) is 87.3 cm³/mol. The Morgan fingerprint density at radius 1 is 1.23 bits per heavy atom. The van der Waals surface area contributed by atoms with Gasteiger partial charge in [0.25, 0.3) is 5.91 Å². The minimum Gasteiger partial charge on any atom is -0.493 e. The molecule has 22 heavy (non-hydrogen) atoms. The standard InChI is InChI=1S/C17H24N2O3/c1-4-5-14-6-7-15(16(12-14)21-3)22-13-17(20)19-10-8-18(2)9-11-19/h4-7,12H,8-11,13H2,1-3H3. The fraction of sp³-hybridized carbons (Fsp3) is 0.471. The van der Waals surface area contributed by atoms with Gasteiger partial charge in [-0.05, 0) is 31.7 Å². The van der Waals surface area contributed by atoms with Crippen LogP contribution in [0.1, 0.15) is 12.5 Å². The molecule has 5 heteroatoms. The number of ether oxygens (including phenoxy) is 2. The SMILES string of the molecule is CC=Cc1ccc(OCC(=O)N2CCN(C)CC2)c(OC)c1. The van der Waals surface area contributed by atoms with Crippen LogP contribution in [0.2, 0.25) is 0 Å². The van der Waals surface area contributed by atoms with E-state index in [0.717, 1.165) is 31.7 Å². The Bertz CT molecular complexity index is 535. The van der Waals surface area contributed by atoms with Crippen molar-refractivity contribution in [3.63, 3.8) is 0 Å². The fourth-order valence-corrected chi connectivity index (χ4v) is 2.39.